The van der Waals surface area contributed by atoms with Crippen LogP contribution < -0.4 is 15.4 Å². The number of hydrogen-bond acceptors (Lipinski definition) is 5. The molecule has 0 bridgehead atoms. The van der Waals surface area contributed by atoms with Crippen molar-refractivity contribution in [2.45, 2.75) is 33.1 Å². The molecule has 2 aromatic rings. The van der Waals surface area contributed by atoms with E-state index in [0.29, 0.717) is 36.5 Å². The summed E-state index contributed by atoms with van der Waals surface area (Å²) in [6.45, 7) is 5.47. The summed E-state index contributed by atoms with van der Waals surface area (Å²) >= 11 is 0.957. The Balaban J connectivity index is 0.00000364. The Morgan fingerprint density at radius 3 is 2.70 bits per heavy atom. The monoisotopic (exact) mass is 515 g/mol. The van der Waals surface area contributed by atoms with Crippen molar-refractivity contribution in [3.8, 4) is 5.88 Å². The van der Waals surface area contributed by atoms with E-state index in [1.54, 1.807) is 12.3 Å². The highest BCUT2D eigenvalue weighted by molar-refractivity contribution is 14.0. The summed E-state index contributed by atoms with van der Waals surface area (Å²) in [5, 5.41) is 7.38. The average Bonchev–Trinajstić information content (AvgIpc) is 3.07. The molecule has 0 amide bonds. The van der Waals surface area contributed by atoms with Crippen LogP contribution >= 0.6 is 35.3 Å². The molecular weight excluding hydrogens is 494 g/mol. The second-order valence-corrected chi connectivity index (χ2v) is 6.05. The highest BCUT2D eigenvalue weighted by Crippen LogP contribution is 2.29. The smallest absolute Gasteiger partial charge is 0.434 e. The number of halogens is 4. The van der Waals surface area contributed by atoms with Crippen LogP contribution in [0.1, 0.15) is 30.1 Å². The van der Waals surface area contributed by atoms with Crippen LogP contribution in [0.3, 0.4) is 0 Å². The third-order valence-corrected chi connectivity index (χ3v) is 3.95. The van der Waals surface area contributed by atoms with E-state index < -0.39 is 11.9 Å². The lowest BCUT2D eigenvalue weighted by atomic mass is 10.3. The molecule has 0 aliphatic rings. The van der Waals surface area contributed by atoms with Gasteiger partial charge in [-0.15, -0.1) is 35.3 Å². The summed E-state index contributed by atoms with van der Waals surface area (Å²) in [7, 11) is 0. The summed E-state index contributed by atoms with van der Waals surface area (Å²) in [5.74, 6) is 1.02. The maximum atomic E-state index is 12.6. The van der Waals surface area contributed by atoms with Crippen molar-refractivity contribution < 1.29 is 17.9 Å². The van der Waals surface area contributed by atoms with Crippen LogP contribution in [0.4, 0.5) is 13.2 Å². The van der Waals surface area contributed by atoms with Crippen LogP contribution in [0.2, 0.25) is 0 Å². The molecule has 0 fully saturated rings. The summed E-state index contributed by atoms with van der Waals surface area (Å²) in [6.07, 6.45) is -2.78. The van der Waals surface area contributed by atoms with Gasteiger partial charge in [-0.2, -0.15) is 13.2 Å². The van der Waals surface area contributed by atoms with Crippen LogP contribution in [-0.2, 0) is 19.3 Å². The van der Waals surface area contributed by atoms with E-state index >= 15 is 0 Å². The Bertz CT molecular complexity index is 739. The van der Waals surface area contributed by atoms with E-state index in [1.807, 2.05) is 19.9 Å². The number of guanidine groups is 1. The molecule has 0 saturated heterocycles. The molecule has 150 valence electrons. The zero-order valence-electron chi connectivity index (χ0n) is 14.8. The number of hydrogen-bond donors (Lipinski definition) is 2. The summed E-state index contributed by atoms with van der Waals surface area (Å²) in [6, 6.07) is 3.62. The average molecular weight is 515 g/mol. The predicted octanol–water partition coefficient (Wildman–Crippen LogP) is 3.83. The normalized spacial score (nSPS) is 11.7. The molecule has 0 radical (unpaired) electrons. The van der Waals surface area contributed by atoms with E-state index in [0.717, 1.165) is 22.3 Å². The van der Waals surface area contributed by atoms with Gasteiger partial charge in [-0.1, -0.05) is 0 Å². The maximum absolute atomic E-state index is 12.6. The highest BCUT2D eigenvalue weighted by Gasteiger charge is 2.33. The molecule has 2 aromatic heterocycles. The Morgan fingerprint density at radius 1 is 1.30 bits per heavy atom. The molecule has 0 atom stereocenters. The van der Waals surface area contributed by atoms with Gasteiger partial charge >= 0.3 is 6.18 Å². The predicted molar refractivity (Wildman–Crippen MR) is 110 cm³/mol. The van der Waals surface area contributed by atoms with Crippen molar-refractivity contribution in [1.82, 2.24) is 20.6 Å². The number of nitrogens with zero attached hydrogens (tertiary/aromatic N) is 3. The molecule has 0 unspecified atom stereocenters. The Labute approximate surface area is 176 Å². The summed E-state index contributed by atoms with van der Waals surface area (Å²) in [5.41, 5.74) is 0.0377. The van der Waals surface area contributed by atoms with Crippen LogP contribution in [0.15, 0.2) is 28.7 Å². The number of pyridine rings is 1. The first-order chi connectivity index (χ1) is 12.4. The van der Waals surface area contributed by atoms with E-state index in [9.17, 15) is 13.2 Å². The molecule has 2 rings (SSSR count). The lowest BCUT2D eigenvalue weighted by Crippen LogP contribution is -2.36. The molecule has 0 aromatic carbocycles. The zero-order chi connectivity index (χ0) is 19.0. The van der Waals surface area contributed by atoms with Gasteiger partial charge in [0.2, 0.25) is 5.88 Å². The number of nitrogens with one attached hydrogen (secondary N) is 2. The Hall–Kier alpha value is -1.63. The van der Waals surface area contributed by atoms with Crippen LogP contribution in [0.25, 0.3) is 0 Å². The van der Waals surface area contributed by atoms with Gasteiger partial charge in [-0.25, -0.2) is 15.0 Å². The zero-order valence-corrected chi connectivity index (χ0v) is 18.0. The minimum atomic E-state index is -4.42. The first-order valence-corrected chi connectivity index (χ1v) is 8.91. The molecular formula is C16H21F3IN5OS. The highest BCUT2D eigenvalue weighted by atomic mass is 127. The third-order valence-electron chi connectivity index (χ3n) is 3.10. The van der Waals surface area contributed by atoms with Gasteiger partial charge in [-0.3, -0.25) is 0 Å². The number of thiazole rings is 1. The number of alkyl halides is 3. The molecule has 6 nitrogen and oxygen atoms in total. The topological polar surface area (TPSA) is 71.4 Å². The van der Waals surface area contributed by atoms with E-state index in [1.165, 1.54) is 0 Å². The van der Waals surface area contributed by atoms with Gasteiger partial charge in [0.25, 0.3) is 0 Å². The third kappa shape index (κ3) is 7.87. The molecule has 2 heterocycles. The first kappa shape index (κ1) is 23.4. The minimum Gasteiger partial charge on any atom is -0.478 e. The standard InChI is InChI=1S/C16H20F3N5OS.HI/c1-3-20-15(22-8-11-5-6-21-13(7-11)25-4-2)23-9-14-24-12(10-26-14)16(17,18)19;/h5-7,10H,3-4,8-9H2,1-2H3,(H2,20,22,23);1H. The molecule has 0 aliphatic carbocycles. The molecule has 0 spiro atoms. The van der Waals surface area contributed by atoms with Crippen LogP contribution in [0.5, 0.6) is 5.88 Å². The lowest BCUT2D eigenvalue weighted by molar-refractivity contribution is -0.140. The van der Waals surface area contributed by atoms with Gasteiger partial charge in [0.1, 0.15) is 5.01 Å². The summed E-state index contributed by atoms with van der Waals surface area (Å²) < 4.78 is 43.1. The largest absolute Gasteiger partial charge is 0.478 e. The van der Waals surface area contributed by atoms with Crippen LogP contribution in [0, 0.1) is 0 Å². The summed E-state index contributed by atoms with van der Waals surface area (Å²) in [4.78, 5) is 12.1. The van der Waals surface area contributed by atoms with Gasteiger partial charge in [0, 0.05) is 24.2 Å². The van der Waals surface area contributed by atoms with Crippen molar-refractivity contribution in [1.29, 1.82) is 0 Å². The van der Waals surface area contributed by atoms with Crippen LogP contribution in [-0.4, -0.2) is 29.1 Å². The Kier molecular flexibility index (Phi) is 9.77. The molecule has 11 heteroatoms. The first-order valence-electron chi connectivity index (χ1n) is 8.03. The number of ether oxygens (including phenoxy) is 1. The van der Waals surface area contributed by atoms with E-state index in [-0.39, 0.29) is 30.5 Å². The van der Waals surface area contributed by atoms with Gasteiger partial charge < -0.3 is 15.4 Å². The SMILES string of the molecule is CCNC(=NCc1ccnc(OCC)c1)NCc1nc(C(F)(F)F)cs1.I. The maximum Gasteiger partial charge on any atom is 0.434 e. The van der Waals surface area contributed by atoms with Crippen molar-refractivity contribution in [2.75, 3.05) is 13.2 Å². The number of rotatable bonds is 7. The second-order valence-electron chi connectivity index (χ2n) is 5.11. The molecule has 0 saturated carbocycles. The molecule has 0 aliphatic heterocycles. The van der Waals surface area contributed by atoms with Gasteiger partial charge in [0.15, 0.2) is 11.7 Å². The van der Waals surface area contributed by atoms with Crippen molar-refractivity contribution >= 4 is 41.3 Å². The lowest BCUT2D eigenvalue weighted by Gasteiger charge is -2.10. The van der Waals surface area contributed by atoms with Crippen molar-refractivity contribution in [2.24, 2.45) is 4.99 Å². The second kappa shape index (κ2) is 11.3. The molecule has 27 heavy (non-hydrogen) atoms. The van der Waals surface area contributed by atoms with E-state index in [2.05, 4.69) is 25.6 Å². The van der Waals surface area contributed by atoms with E-state index in [4.69, 9.17) is 4.74 Å². The van der Waals surface area contributed by atoms with Gasteiger partial charge in [0.05, 0.1) is 19.7 Å². The van der Waals surface area contributed by atoms with Gasteiger partial charge in [-0.05, 0) is 25.5 Å². The fraction of sp³-hybridized carbons (Fsp3) is 0.438. The fourth-order valence-corrected chi connectivity index (χ4v) is 2.71. The molecule has 2 N–H and O–H groups in total. The number of aromatic nitrogens is 2. The van der Waals surface area contributed by atoms with Crippen molar-refractivity contribution in [3.63, 3.8) is 0 Å². The van der Waals surface area contributed by atoms with Crippen molar-refractivity contribution in [3.05, 3.63) is 40.0 Å². The number of aliphatic imine (C=N–C) groups is 1. The fourth-order valence-electron chi connectivity index (χ4n) is 1.97. The Morgan fingerprint density at radius 2 is 2.07 bits per heavy atom. The quantitative estimate of drug-likeness (QED) is 0.334. The minimum absolute atomic E-state index is 0.